The van der Waals surface area contributed by atoms with Gasteiger partial charge >= 0.3 is 0 Å². The van der Waals surface area contributed by atoms with Gasteiger partial charge in [0.1, 0.15) is 11.3 Å². The van der Waals surface area contributed by atoms with E-state index in [1.165, 1.54) is 16.8 Å². The Morgan fingerprint density at radius 3 is 2.76 bits per heavy atom. The molecule has 0 saturated heterocycles. The molecule has 0 atom stereocenters. The fraction of sp³-hybridized carbons (Fsp3) is 0.136. The van der Waals surface area contributed by atoms with Gasteiger partial charge in [-0.05, 0) is 64.3 Å². The van der Waals surface area contributed by atoms with Crippen LogP contribution < -0.4 is 15.7 Å². The van der Waals surface area contributed by atoms with Crippen molar-refractivity contribution in [2.24, 2.45) is 5.10 Å². The molecule has 0 radical (unpaired) electrons. The summed E-state index contributed by atoms with van der Waals surface area (Å²) in [6.07, 6.45) is 3.16. The molecule has 0 aliphatic heterocycles. The zero-order valence-electron chi connectivity index (χ0n) is 16.1. The largest absolute Gasteiger partial charge is 0.496 e. The molecule has 1 heterocycles. The molecule has 0 aliphatic carbocycles. The van der Waals surface area contributed by atoms with Crippen molar-refractivity contribution in [3.8, 4) is 5.75 Å². The molecule has 1 aromatic heterocycles. The Kier molecular flexibility index (Phi) is 6.61. The van der Waals surface area contributed by atoms with Gasteiger partial charge in [-0.2, -0.15) is 5.10 Å². The number of rotatable bonds is 6. The molecule has 29 heavy (non-hydrogen) atoms. The number of hydrazone groups is 1. The molecule has 3 rings (SSSR count). The number of carbonyl (C=O) groups is 1. The minimum absolute atomic E-state index is 0.0354. The average molecular weight is 454 g/mol. The Balaban J connectivity index is 1.72. The molecule has 0 unspecified atom stereocenters. The van der Waals surface area contributed by atoms with Crippen molar-refractivity contribution in [3.05, 3.63) is 97.9 Å². The molecule has 6 nitrogen and oxygen atoms in total. The van der Waals surface area contributed by atoms with E-state index >= 15 is 0 Å². The van der Waals surface area contributed by atoms with Crippen molar-refractivity contribution in [2.45, 2.75) is 13.5 Å². The maximum Gasteiger partial charge on any atom is 0.276 e. The van der Waals surface area contributed by atoms with E-state index in [2.05, 4.69) is 26.5 Å². The van der Waals surface area contributed by atoms with E-state index in [0.717, 1.165) is 21.2 Å². The van der Waals surface area contributed by atoms with Crippen LogP contribution in [0.15, 0.2) is 75.2 Å². The first-order chi connectivity index (χ1) is 14.0. The van der Waals surface area contributed by atoms with Crippen LogP contribution >= 0.6 is 15.9 Å². The summed E-state index contributed by atoms with van der Waals surface area (Å²) in [6.45, 7) is 2.39. The van der Waals surface area contributed by atoms with Crippen molar-refractivity contribution in [2.75, 3.05) is 7.11 Å². The number of methoxy groups -OCH3 is 1. The van der Waals surface area contributed by atoms with E-state index in [0.29, 0.717) is 12.3 Å². The Morgan fingerprint density at radius 2 is 2.03 bits per heavy atom. The molecule has 0 spiro atoms. The van der Waals surface area contributed by atoms with Gasteiger partial charge in [0.2, 0.25) is 0 Å². The molecule has 148 valence electrons. The summed E-state index contributed by atoms with van der Waals surface area (Å²) in [5.74, 6) is 0.141. The second-order valence-electron chi connectivity index (χ2n) is 6.44. The monoisotopic (exact) mass is 453 g/mol. The molecule has 0 saturated carbocycles. The van der Waals surface area contributed by atoms with E-state index in [4.69, 9.17) is 4.74 Å². The first kappa shape index (κ1) is 20.5. The third kappa shape index (κ3) is 5.20. The molecule has 3 aromatic rings. The SMILES string of the molecule is COc1ccc(/C=N\NC(=O)c2cccn(Cc3cccc(C)c3)c2=O)cc1Br. The van der Waals surface area contributed by atoms with Crippen molar-refractivity contribution < 1.29 is 9.53 Å². The van der Waals surface area contributed by atoms with Gasteiger partial charge in [-0.15, -0.1) is 0 Å². The summed E-state index contributed by atoms with van der Waals surface area (Å²) in [6, 6.07) is 16.5. The van der Waals surface area contributed by atoms with Crippen molar-refractivity contribution in [1.82, 2.24) is 9.99 Å². The van der Waals surface area contributed by atoms with Crippen LogP contribution in [-0.2, 0) is 6.54 Å². The third-order valence-corrected chi connectivity index (χ3v) is 4.88. The Morgan fingerprint density at radius 1 is 1.21 bits per heavy atom. The van der Waals surface area contributed by atoms with E-state index in [1.54, 1.807) is 31.5 Å². The molecule has 1 N–H and O–H groups in total. The predicted molar refractivity (Wildman–Crippen MR) is 117 cm³/mol. The number of hydrogen-bond acceptors (Lipinski definition) is 4. The fourth-order valence-corrected chi connectivity index (χ4v) is 3.39. The van der Waals surface area contributed by atoms with Crippen LogP contribution in [0.1, 0.15) is 27.0 Å². The number of hydrogen-bond donors (Lipinski definition) is 1. The minimum Gasteiger partial charge on any atom is -0.496 e. The highest BCUT2D eigenvalue weighted by molar-refractivity contribution is 9.10. The Hall–Kier alpha value is -3.19. The number of amides is 1. The first-order valence-electron chi connectivity index (χ1n) is 8.90. The lowest BCUT2D eigenvalue weighted by atomic mass is 10.1. The summed E-state index contributed by atoms with van der Waals surface area (Å²) in [7, 11) is 1.58. The lowest BCUT2D eigenvalue weighted by Crippen LogP contribution is -2.30. The quantitative estimate of drug-likeness (QED) is 0.456. The maximum absolute atomic E-state index is 12.7. The summed E-state index contributed by atoms with van der Waals surface area (Å²) in [4.78, 5) is 25.1. The molecule has 7 heteroatoms. The maximum atomic E-state index is 12.7. The number of halogens is 1. The summed E-state index contributed by atoms with van der Waals surface area (Å²) in [5.41, 5.74) is 4.95. The normalized spacial score (nSPS) is 10.9. The lowest BCUT2D eigenvalue weighted by Gasteiger charge is -2.08. The van der Waals surface area contributed by atoms with E-state index in [-0.39, 0.29) is 11.1 Å². The lowest BCUT2D eigenvalue weighted by molar-refractivity contribution is 0.0953. The van der Waals surface area contributed by atoms with Gasteiger partial charge in [-0.1, -0.05) is 29.8 Å². The van der Waals surface area contributed by atoms with Crippen LogP contribution in [0.5, 0.6) is 5.75 Å². The van der Waals surface area contributed by atoms with E-state index in [9.17, 15) is 9.59 Å². The molecule has 1 amide bonds. The predicted octanol–water partition coefficient (Wildman–Crippen LogP) is 3.74. The van der Waals surface area contributed by atoms with Gasteiger partial charge < -0.3 is 9.30 Å². The van der Waals surface area contributed by atoms with Crippen LogP contribution in [0.4, 0.5) is 0 Å². The second-order valence-corrected chi connectivity index (χ2v) is 7.29. The molecular formula is C22H20BrN3O3. The number of carbonyl (C=O) groups excluding carboxylic acids is 1. The van der Waals surface area contributed by atoms with Gasteiger partial charge in [0.15, 0.2) is 0 Å². The highest BCUT2D eigenvalue weighted by atomic mass is 79.9. The first-order valence-corrected chi connectivity index (χ1v) is 9.69. The number of aromatic nitrogens is 1. The number of pyridine rings is 1. The number of benzene rings is 2. The standard InChI is InChI=1S/C22H20BrN3O3/c1-15-5-3-6-17(11-15)14-26-10-4-7-18(22(26)28)21(27)25-24-13-16-8-9-20(29-2)19(23)12-16/h3-13H,14H2,1-2H3,(H,25,27)/b24-13-. The highest BCUT2D eigenvalue weighted by Gasteiger charge is 2.11. The Bertz CT molecular complexity index is 1120. The van der Waals surface area contributed by atoms with Crippen molar-refractivity contribution >= 4 is 28.1 Å². The van der Waals surface area contributed by atoms with Gasteiger partial charge in [-0.3, -0.25) is 9.59 Å². The fourth-order valence-electron chi connectivity index (χ4n) is 2.83. The van der Waals surface area contributed by atoms with Crippen LogP contribution in [0.2, 0.25) is 0 Å². The number of nitrogens with zero attached hydrogens (tertiary/aromatic N) is 2. The summed E-state index contributed by atoms with van der Waals surface area (Å²) in [5, 5.41) is 3.95. The van der Waals surface area contributed by atoms with Crippen molar-refractivity contribution in [3.63, 3.8) is 0 Å². The van der Waals surface area contributed by atoms with Crippen LogP contribution in [-0.4, -0.2) is 23.8 Å². The average Bonchev–Trinajstić information content (AvgIpc) is 2.70. The molecule has 2 aromatic carbocycles. The van der Waals surface area contributed by atoms with E-state index < -0.39 is 5.91 Å². The molecule has 0 bridgehead atoms. The zero-order chi connectivity index (χ0) is 20.8. The topological polar surface area (TPSA) is 72.7 Å². The smallest absolute Gasteiger partial charge is 0.276 e. The molecule has 0 fully saturated rings. The van der Waals surface area contributed by atoms with Crippen LogP contribution in [0, 0.1) is 6.92 Å². The van der Waals surface area contributed by atoms with Crippen LogP contribution in [0.3, 0.4) is 0 Å². The van der Waals surface area contributed by atoms with Crippen molar-refractivity contribution in [1.29, 1.82) is 0 Å². The van der Waals surface area contributed by atoms with Gasteiger partial charge in [0.05, 0.1) is 24.3 Å². The summed E-state index contributed by atoms with van der Waals surface area (Å²) < 4.78 is 7.46. The van der Waals surface area contributed by atoms with Gasteiger partial charge in [-0.25, -0.2) is 5.43 Å². The number of ether oxygens (including phenoxy) is 1. The van der Waals surface area contributed by atoms with Gasteiger partial charge in [0.25, 0.3) is 11.5 Å². The highest BCUT2D eigenvalue weighted by Crippen LogP contribution is 2.24. The summed E-state index contributed by atoms with van der Waals surface area (Å²) >= 11 is 3.40. The zero-order valence-corrected chi connectivity index (χ0v) is 17.6. The second kappa shape index (κ2) is 9.34. The minimum atomic E-state index is -0.558. The molecular weight excluding hydrogens is 434 g/mol. The van der Waals surface area contributed by atoms with E-state index in [1.807, 2.05) is 37.3 Å². The Labute approximate surface area is 177 Å². The molecule has 0 aliphatic rings. The van der Waals surface area contributed by atoms with Gasteiger partial charge in [0, 0.05) is 6.20 Å². The van der Waals surface area contributed by atoms with Crippen LogP contribution in [0.25, 0.3) is 0 Å². The third-order valence-electron chi connectivity index (χ3n) is 4.26. The number of nitrogens with one attached hydrogen (secondary N) is 1. The number of aryl methyl sites for hydroxylation is 1.